The van der Waals surface area contributed by atoms with Gasteiger partial charge in [-0.15, -0.1) is 0 Å². The Hall–Kier alpha value is -2.08. The standard InChI is InChI=1S/C20H24ClN3O3/c1-12(25)24-9-8-14(11-24)19(26)22-16-5-2-13(3-6-16)20-23-17-10-15(21)4-7-18(17)27-20/h4,7,10,13-14,16H,2-3,5-6,8-9,11H2,1H3,(H,22,26). The minimum atomic E-state index is -0.0755. The molecule has 2 aliphatic rings. The van der Waals surface area contributed by atoms with Gasteiger partial charge in [-0.3, -0.25) is 9.59 Å². The summed E-state index contributed by atoms with van der Waals surface area (Å²) in [7, 11) is 0. The number of nitrogens with one attached hydrogen (secondary N) is 1. The predicted molar refractivity (Wildman–Crippen MR) is 103 cm³/mol. The summed E-state index contributed by atoms with van der Waals surface area (Å²) in [6.07, 6.45) is 4.47. The van der Waals surface area contributed by atoms with E-state index in [9.17, 15) is 9.59 Å². The van der Waals surface area contributed by atoms with Crippen LogP contribution in [-0.2, 0) is 9.59 Å². The second-order valence-electron chi connectivity index (χ2n) is 7.67. The van der Waals surface area contributed by atoms with Crippen LogP contribution in [0.4, 0.5) is 0 Å². The molecule has 1 aliphatic heterocycles. The number of benzene rings is 1. The number of rotatable bonds is 3. The molecule has 2 fully saturated rings. The Morgan fingerprint density at radius 3 is 2.70 bits per heavy atom. The van der Waals surface area contributed by atoms with Gasteiger partial charge in [0.25, 0.3) is 0 Å². The van der Waals surface area contributed by atoms with Crippen LogP contribution < -0.4 is 5.32 Å². The number of hydrogen-bond acceptors (Lipinski definition) is 4. The molecular formula is C20H24ClN3O3. The molecule has 0 bridgehead atoms. The smallest absolute Gasteiger partial charge is 0.225 e. The summed E-state index contributed by atoms with van der Waals surface area (Å²) in [5.74, 6) is 1.10. The molecule has 2 amide bonds. The van der Waals surface area contributed by atoms with Crippen molar-refractivity contribution in [2.75, 3.05) is 13.1 Å². The molecule has 1 aliphatic carbocycles. The maximum atomic E-state index is 12.5. The molecule has 0 radical (unpaired) electrons. The van der Waals surface area contributed by atoms with Crippen LogP contribution in [-0.4, -0.2) is 40.8 Å². The van der Waals surface area contributed by atoms with Gasteiger partial charge in [0.15, 0.2) is 11.5 Å². The lowest BCUT2D eigenvalue weighted by Gasteiger charge is -2.28. The van der Waals surface area contributed by atoms with E-state index >= 15 is 0 Å². The van der Waals surface area contributed by atoms with Gasteiger partial charge in [0.1, 0.15) is 5.52 Å². The molecule has 6 nitrogen and oxygen atoms in total. The van der Waals surface area contributed by atoms with Crippen LogP contribution in [0.1, 0.15) is 50.8 Å². The van der Waals surface area contributed by atoms with Crippen molar-refractivity contribution in [1.29, 1.82) is 0 Å². The summed E-state index contributed by atoms with van der Waals surface area (Å²) in [6.45, 7) is 2.78. The van der Waals surface area contributed by atoms with Crippen LogP contribution in [0.25, 0.3) is 11.1 Å². The van der Waals surface area contributed by atoms with E-state index in [0.29, 0.717) is 18.1 Å². The van der Waals surface area contributed by atoms with Gasteiger partial charge in [0.2, 0.25) is 11.8 Å². The quantitative estimate of drug-likeness (QED) is 0.871. The molecule has 1 atom stereocenters. The zero-order valence-electron chi connectivity index (χ0n) is 15.4. The van der Waals surface area contributed by atoms with Gasteiger partial charge < -0.3 is 14.6 Å². The third-order valence-corrected chi connectivity index (χ3v) is 6.03. The van der Waals surface area contributed by atoms with Crippen molar-refractivity contribution in [2.24, 2.45) is 5.92 Å². The molecule has 7 heteroatoms. The summed E-state index contributed by atoms with van der Waals surface area (Å²) < 4.78 is 5.90. The van der Waals surface area contributed by atoms with Gasteiger partial charge in [-0.1, -0.05) is 11.6 Å². The van der Waals surface area contributed by atoms with Crippen molar-refractivity contribution in [3.8, 4) is 0 Å². The maximum absolute atomic E-state index is 12.5. The monoisotopic (exact) mass is 389 g/mol. The lowest BCUT2D eigenvalue weighted by molar-refractivity contribution is -0.128. The van der Waals surface area contributed by atoms with Crippen molar-refractivity contribution in [1.82, 2.24) is 15.2 Å². The fraction of sp³-hybridized carbons (Fsp3) is 0.550. The van der Waals surface area contributed by atoms with Crippen molar-refractivity contribution in [3.63, 3.8) is 0 Å². The number of halogens is 1. The third kappa shape index (κ3) is 3.95. The van der Waals surface area contributed by atoms with E-state index in [1.807, 2.05) is 18.2 Å². The number of nitrogens with zero attached hydrogens (tertiary/aromatic N) is 2. The molecule has 144 valence electrons. The first-order valence-electron chi connectivity index (χ1n) is 9.61. The van der Waals surface area contributed by atoms with Crippen LogP contribution in [0.5, 0.6) is 0 Å². The first-order valence-corrected chi connectivity index (χ1v) is 9.99. The van der Waals surface area contributed by atoms with Gasteiger partial charge in [-0.05, 0) is 50.3 Å². The Morgan fingerprint density at radius 1 is 1.22 bits per heavy atom. The Bertz CT molecular complexity index is 857. The second-order valence-corrected chi connectivity index (χ2v) is 8.11. The first kappa shape index (κ1) is 18.3. The maximum Gasteiger partial charge on any atom is 0.225 e. The Morgan fingerprint density at radius 2 is 2.00 bits per heavy atom. The molecule has 2 heterocycles. The number of oxazole rings is 1. The average Bonchev–Trinajstić information content (AvgIpc) is 3.29. The van der Waals surface area contributed by atoms with E-state index in [1.165, 1.54) is 0 Å². The molecule has 2 aromatic rings. The molecule has 0 spiro atoms. The highest BCUT2D eigenvalue weighted by molar-refractivity contribution is 6.31. The van der Waals surface area contributed by atoms with Crippen molar-refractivity contribution < 1.29 is 14.0 Å². The van der Waals surface area contributed by atoms with Crippen LogP contribution >= 0.6 is 11.6 Å². The fourth-order valence-corrected chi connectivity index (χ4v) is 4.32. The minimum Gasteiger partial charge on any atom is -0.440 e. The van der Waals surface area contributed by atoms with E-state index in [0.717, 1.165) is 49.1 Å². The number of fused-ring (bicyclic) bond motifs is 1. The van der Waals surface area contributed by atoms with Gasteiger partial charge in [-0.2, -0.15) is 0 Å². The largest absolute Gasteiger partial charge is 0.440 e. The van der Waals surface area contributed by atoms with Crippen molar-refractivity contribution in [3.05, 3.63) is 29.1 Å². The Labute approximate surface area is 163 Å². The number of carbonyl (C=O) groups is 2. The summed E-state index contributed by atoms with van der Waals surface area (Å²) in [5, 5.41) is 3.84. The number of aromatic nitrogens is 1. The number of carbonyl (C=O) groups excluding carboxylic acids is 2. The molecule has 1 N–H and O–H groups in total. The van der Waals surface area contributed by atoms with Gasteiger partial charge in [0, 0.05) is 37.0 Å². The van der Waals surface area contributed by atoms with Gasteiger partial charge in [-0.25, -0.2) is 4.98 Å². The van der Waals surface area contributed by atoms with Gasteiger partial charge in [0.05, 0.1) is 5.92 Å². The number of hydrogen-bond donors (Lipinski definition) is 1. The molecule has 1 unspecified atom stereocenters. The number of likely N-dealkylation sites (tertiary alicyclic amines) is 1. The van der Waals surface area contributed by atoms with Crippen molar-refractivity contribution >= 4 is 34.5 Å². The zero-order chi connectivity index (χ0) is 19.0. The summed E-state index contributed by atoms with van der Waals surface area (Å²) in [6, 6.07) is 5.67. The SMILES string of the molecule is CC(=O)N1CCC(C(=O)NC2CCC(c3nc4cc(Cl)ccc4o3)CC2)C1. The lowest BCUT2D eigenvalue weighted by Crippen LogP contribution is -2.41. The van der Waals surface area contributed by atoms with Crippen LogP contribution in [0, 0.1) is 5.92 Å². The average molecular weight is 390 g/mol. The molecule has 1 saturated heterocycles. The summed E-state index contributed by atoms with van der Waals surface area (Å²) >= 11 is 6.02. The predicted octanol–water partition coefficient (Wildman–Crippen LogP) is 3.49. The highest BCUT2D eigenvalue weighted by Crippen LogP contribution is 2.34. The summed E-state index contributed by atoms with van der Waals surface area (Å²) in [5.41, 5.74) is 1.56. The number of amides is 2. The van der Waals surface area contributed by atoms with Crippen LogP contribution in [0.2, 0.25) is 5.02 Å². The van der Waals surface area contributed by atoms with E-state index in [2.05, 4.69) is 10.3 Å². The fourth-order valence-electron chi connectivity index (χ4n) is 4.16. The van der Waals surface area contributed by atoms with E-state index < -0.39 is 0 Å². The third-order valence-electron chi connectivity index (χ3n) is 5.79. The molecular weight excluding hydrogens is 366 g/mol. The zero-order valence-corrected chi connectivity index (χ0v) is 16.2. The first-order chi connectivity index (χ1) is 13.0. The van der Waals surface area contributed by atoms with E-state index in [1.54, 1.807) is 11.8 Å². The topological polar surface area (TPSA) is 75.4 Å². The Balaban J connectivity index is 1.31. The highest BCUT2D eigenvalue weighted by Gasteiger charge is 2.32. The van der Waals surface area contributed by atoms with Crippen LogP contribution in [0.15, 0.2) is 22.6 Å². The highest BCUT2D eigenvalue weighted by atomic mass is 35.5. The van der Waals surface area contributed by atoms with E-state index in [-0.39, 0.29) is 29.7 Å². The minimum absolute atomic E-state index is 0.0467. The van der Waals surface area contributed by atoms with Gasteiger partial charge >= 0.3 is 0 Å². The molecule has 1 saturated carbocycles. The Kier molecular flexibility index (Phi) is 5.08. The van der Waals surface area contributed by atoms with Crippen molar-refractivity contribution in [2.45, 2.75) is 51.0 Å². The molecule has 4 rings (SSSR count). The molecule has 1 aromatic heterocycles. The molecule has 27 heavy (non-hydrogen) atoms. The van der Waals surface area contributed by atoms with Crippen LogP contribution in [0.3, 0.4) is 0 Å². The second kappa shape index (κ2) is 7.50. The molecule has 1 aromatic carbocycles. The normalized spacial score (nSPS) is 25.7. The van der Waals surface area contributed by atoms with E-state index in [4.69, 9.17) is 16.0 Å². The summed E-state index contributed by atoms with van der Waals surface area (Å²) in [4.78, 5) is 30.3. The lowest BCUT2D eigenvalue weighted by atomic mass is 9.85.